The van der Waals surface area contributed by atoms with Crippen molar-refractivity contribution in [1.29, 1.82) is 0 Å². The molecule has 15 heavy (non-hydrogen) atoms. The molecule has 0 saturated heterocycles. The van der Waals surface area contributed by atoms with Crippen LogP contribution in [0.3, 0.4) is 0 Å². The highest BCUT2D eigenvalue weighted by Gasteiger charge is 2.20. The molecule has 1 rings (SSSR count). The lowest BCUT2D eigenvalue weighted by atomic mass is 10.1. The zero-order valence-corrected chi connectivity index (χ0v) is 10.1. The highest BCUT2D eigenvalue weighted by Crippen LogP contribution is 2.27. The largest absolute Gasteiger partial charge is 0.496 e. The van der Waals surface area contributed by atoms with E-state index in [0.717, 1.165) is 4.47 Å². The first-order valence-electron chi connectivity index (χ1n) is 4.27. The van der Waals surface area contributed by atoms with Crippen molar-refractivity contribution in [3.63, 3.8) is 0 Å². The zero-order valence-electron chi connectivity index (χ0n) is 8.49. The maximum atomic E-state index is 11.3. The van der Waals surface area contributed by atoms with E-state index in [1.54, 1.807) is 18.2 Å². The number of esters is 1. The van der Waals surface area contributed by atoms with Gasteiger partial charge in [-0.1, -0.05) is 22.0 Å². The number of rotatable bonds is 3. The summed E-state index contributed by atoms with van der Waals surface area (Å²) in [6.45, 7) is 0. The number of carbonyl (C=O) groups excluding carboxylic acids is 1. The van der Waals surface area contributed by atoms with E-state index in [1.807, 2.05) is 0 Å². The predicted molar refractivity (Wildman–Crippen MR) is 59.6 cm³/mol. The molecule has 0 spiro atoms. The average molecular weight is 274 g/mol. The monoisotopic (exact) mass is 273 g/mol. The lowest BCUT2D eigenvalue weighted by molar-refractivity contribution is -0.142. The Labute approximate surface area is 96.5 Å². The van der Waals surface area contributed by atoms with Crippen molar-refractivity contribution < 1.29 is 14.3 Å². The van der Waals surface area contributed by atoms with Crippen molar-refractivity contribution in [2.24, 2.45) is 5.73 Å². The second-order valence-corrected chi connectivity index (χ2v) is 3.80. The van der Waals surface area contributed by atoms with E-state index in [4.69, 9.17) is 10.5 Å². The van der Waals surface area contributed by atoms with E-state index in [0.29, 0.717) is 11.3 Å². The molecule has 5 heteroatoms. The number of methoxy groups -OCH3 is 2. The minimum absolute atomic E-state index is 0.490. The summed E-state index contributed by atoms with van der Waals surface area (Å²) in [5.74, 6) is 0.0675. The maximum Gasteiger partial charge on any atom is 0.327 e. The van der Waals surface area contributed by atoms with Crippen LogP contribution in [0.25, 0.3) is 0 Å². The van der Waals surface area contributed by atoms with Gasteiger partial charge in [0.25, 0.3) is 0 Å². The molecule has 1 aromatic carbocycles. The van der Waals surface area contributed by atoms with Crippen LogP contribution in [0.4, 0.5) is 0 Å². The number of ether oxygens (including phenoxy) is 2. The summed E-state index contributed by atoms with van der Waals surface area (Å²) in [5, 5.41) is 0. The van der Waals surface area contributed by atoms with Gasteiger partial charge in [0, 0.05) is 10.0 Å². The molecule has 0 aliphatic rings. The summed E-state index contributed by atoms with van der Waals surface area (Å²) in [7, 11) is 2.82. The molecule has 0 aromatic heterocycles. The van der Waals surface area contributed by atoms with Gasteiger partial charge in [0.05, 0.1) is 14.2 Å². The smallest absolute Gasteiger partial charge is 0.327 e. The molecule has 0 bridgehead atoms. The Morgan fingerprint density at radius 1 is 1.47 bits per heavy atom. The second-order valence-electron chi connectivity index (χ2n) is 2.89. The van der Waals surface area contributed by atoms with Crippen molar-refractivity contribution in [2.75, 3.05) is 14.2 Å². The molecule has 1 aromatic rings. The minimum atomic E-state index is -0.821. The van der Waals surface area contributed by atoms with E-state index in [1.165, 1.54) is 14.2 Å². The maximum absolute atomic E-state index is 11.3. The van der Waals surface area contributed by atoms with Crippen LogP contribution in [0.1, 0.15) is 11.6 Å². The zero-order chi connectivity index (χ0) is 11.4. The number of carbonyl (C=O) groups is 1. The fraction of sp³-hybridized carbons (Fsp3) is 0.300. The van der Waals surface area contributed by atoms with Crippen LogP contribution >= 0.6 is 15.9 Å². The molecule has 0 radical (unpaired) electrons. The highest BCUT2D eigenvalue weighted by molar-refractivity contribution is 9.10. The molecule has 82 valence electrons. The van der Waals surface area contributed by atoms with Crippen molar-refractivity contribution in [2.45, 2.75) is 6.04 Å². The Hall–Kier alpha value is -1.07. The first-order chi connectivity index (χ1) is 7.10. The van der Waals surface area contributed by atoms with Gasteiger partial charge in [-0.2, -0.15) is 0 Å². The predicted octanol–water partition coefficient (Wildman–Crippen LogP) is 1.63. The SMILES string of the molecule is COC(=O)[C@H](N)c1ccc(Br)cc1OC. The first kappa shape index (κ1) is 12.0. The topological polar surface area (TPSA) is 61.5 Å². The van der Waals surface area contributed by atoms with E-state index in [9.17, 15) is 4.79 Å². The third-order valence-corrected chi connectivity index (χ3v) is 2.48. The van der Waals surface area contributed by atoms with Crippen LogP contribution in [0, 0.1) is 0 Å². The van der Waals surface area contributed by atoms with Gasteiger partial charge in [0.1, 0.15) is 11.8 Å². The van der Waals surface area contributed by atoms with Crippen LogP contribution in [0.5, 0.6) is 5.75 Å². The molecular formula is C10H12BrNO3. The lowest BCUT2D eigenvalue weighted by Crippen LogP contribution is -2.23. The van der Waals surface area contributed by atoms with Crippen molar-refractivity contribution >= 4 is 21.9 Å². The molecular weight excluding hydrogens is 262 g/mol. The van der Waals surface area contributed by atoms with Gasteiger partial charge < -0.3 is 15.2 Å². The van der Waals surface area contributed by atoms with Crippen LogP contribution in [0.15, 0.2) is 22.7 Å². The van der Waals surface area contributed by atoms with Gasteiger partial charge in [-0.25, -0.2) is 0 Å². The number of hydrogen-bond donors (Lipinski definition) is 1. The number of nitrogens with two attached hydrogens (primary N) is 1. The van der Waals surface area contributed by atoms with E-state index in [-0.39, 0.29) is 0 Å². The van der Waals surface area contributed by atoms with Crippen LogP contribution in [-0.2, 0) is 9.53 Å². The number of benzene rings is 1. The van der Waals surface area contributed by atoms with E-state index >= 15 is 0 Å². The molecule has 1 atom stereocenters. The summed E-state index contributed by atoms with van der Waals surface area (Å²) in [6.07, 6.45) is 0. The first-order valence-corrected chi connectivity index (χ1v) is 5.06. The Balaban J connectivity index is 3.07. The van der Waals surface area contributed by atoms with Gasteiger partial charge in [-0.15, -0.1) is 0 Å². The van der Waals surface area contributed by atoms with Gasteiger partial charge in [0.2, 0.25) is 0 Å². The van der Waals surface area contributed by atoms with E-state index in [2.05, 4.69) is 20.7 Å². The normalized spacial score (nSPS) is 12.0. The molecule has 0 fully saturated rings. The lowest BCUT2D eigenvalue weighted by Gasteiger charge is -2.13. The molecule has 4 nitrogen and oxygen atoms in total. The molecule has 0 unspecified atom stereocenters. The summed E-state index contributed by atoms with van der Waals surface area (Å²) in [4.78, 5) is 11.3. The van der Waals surface area contributed by atoms with Gasteiger partial charge in [0.15, 0.2) is 0 Å². The van der Waals surface area contributed by atoms with Crippen LogP contribution in [-0.4, -0.2) is 20.2 Å². The van der Waals surface area contributed by atoms with Crippen LogP contribution in [0.2, 0.25) is 0 Å². The Kier molecular flexibility index (Phi) is 4.11. The molecule has 0 heterocycles. The summed E-state index contributed by atoms with van der Waals surface area (Å²) < 4.78 is 10.6. The molecule has 0 amide bonds. The van der Waals surface area contributed by atoms with Crippen LogP contribution < -0.4 is 10.5 Å². The second kappa shape index (κ2) is 5.14. The minimum Gasteiger partial charge on any atom is -0.496 e. The molecule has 2 N–H and O–H groups in total. The summed E-state index contributed by atoms with van der Waals surface area (Å²) in [5.41, 5.74) is 6.31. The van der Waals surface area contributed by atoms with Crippen molar-refractivity contribution in [1.82, 2.24) is 0 Å². The quantitative estimate of drug-likeness (QED) is 0.851. The number of halogens is 1. The van der Waals surface area contributed by atoms with Gasteiger partial charge in [-0.05, 0) is 12.1 Å². The molecule has 0 aliphatic carbocycles. The Bertz CT molecular complexity index is 368. The van der Waals surface area contributed by atoms with Gasteiger partial charge in [-0.3, -0.25) is 4.79 Å². The van der Waals surface area contributed by atoms with Crippen molar-refractivity contribution in [3.05, 3.63) is 28.2 Å². The van der Waals surface area contributed by atoms with E-state index < -0.39 is 12.0 Å². The van der Waals surface area contributed by atoms with Crippen molar-refractivity contribution in [3.8, 4) is 5.75 Å². The molecule has 0 saturated carbocycles. The third kappa shape index (κ3) is 2.70. The Morgan fingerprint density at radius 2 is 2.13 bits per heavy atom. The summed E-state index contributed by atoms with van der Waals surface area (Å²) >= 11 is 3.30. The summed E-state index contributed by atoms with van der Waals surface area (Å²) in [6, 6.07) is 4.45. The standard InChI is InChI=1S/C10H12BrNO3/c1-14-8-5-6(11)3-4-7(8)9(12)10(13)15-2/h3-5,9H,12H2,1-2H3/t9-/m1/s1. The fourth-order valence-corrected chi connectivity index (χ4v) is 1.54. The number of hydrogen-bond acceptors (Lipinski definition) is 4. The van der Waals surface area contributed by atoms with Gasteiger partial charge >= 0.3 is 5.97 Å². The Morgan fingerprint density at radius 3 is 2.67 bits per heavy atom. The third-order valence-electron chi connectivity index (χ3n) is 1.99. The fourth-order valence-electron chi connectivity index (χ4n) is 1.20. The average Bonchev–Trinajstić information content (AvgIpc) is 2.26. The highest BCUT2D eigenvalue weighted by atomic mass is 79.9. The molecule has 0 aliphatic heterocycles.